The van der Waals surface area contributed by atoms with Gasteiger partial charge < -0.3 is 5.32 Å². The summed E-state index contributed by atoms with van der Waals surface area (Å²) in [5.74, 6) is 0.468. The van der Waals surface area contributed by atoms with Crippen molar-refractivity contribution in [2.45, 2.75) is 58.9 Å². The lowest BCUT2D eigenvalue weighted by Crippen LogP contribution is -2.29. The average Bonchev–Trinajstić information content (AvgIpc) is 2.40. The van der Waals surface area contributed by atoms with E-state index in [0.717, 1.165) is 18.5 Å². The molecule has 0 fully saturated rings. The van der Waals surface area contributed by atoms with Crippen LogP contribution in [0.2, 0.25) is 0 Å². The number of hydrogen-bond donors (Lipinski definition) is 1. The summed E-state index contributed by atoms with van der Waals surface area (Å²) < 4.78 is 13.5. The van der Waals surface area contributed by atoms with Crippen molar-refractivity contribution in [3.63, 3.8) is 0 Å². The first-order valence-corrected chi connectivity index (χ1v) is 7.71. The molecule has 1 unspecified atom stereocenters. The maximum Gasteiger partial charge on any atom is 0.123 e. The molecule has 1 N–H and O–H groups in total. The SMILES string of the molecule is CCCNC(c1cccc(F)c1)C(CCC)CCC. The zero-order valence-corrected chi connectivity index (χ0v) is 12.6. The van der Waals surface area contributed by atoms with Crippen LogP contribution in [0.5, 0.6) is 0 Å². The van der Waals surface area contributed by atoms with Gasteiger partial charge in [0.2, 0.25) is 0 Å². The van der Waals surface area contributed by atoms with Crippen LogP contribution in [0.15, 0.2) is 24.3 Å². The third kappa shape index (κ3) is 5.32. The second-order valence-electron chi connectivity index (χ2n) is 5.32. The fraction of sp³-hybridized carbons (Fsp3) is 0.647. The Kier molecular flexibility index (Phi) is 7.73. The van der Waals surface area contributed by atoms with E-state index >= 15 is 0 Å². The minimum absolute atomic E-state index is 0.132. The molecule has 0 bridgehead atoms. The van der Waals surface area contributed by atoms with Crippen molar-refractivity contribution in [3.05, 3.63) is 35.6 Å². The van der Waals surface area contributed by atoms with Gasteiger partial charge in [0.15, 0.2) is 0 Å². The largest absolute Gasteiger partial charge is 0.310 e. The number of halogens is 1. The van der Waals surface area contributed by atoms with Crippen molar-refractivity contribution in [2.24, 2.45) is 5.92 Å². The van der Waals surface area contributed by atoms with Gasteiger partial charge in [0.25, 0.3) is 0 Å². The molecule has 2 heteroatoms. The van der Waals surface area contributed by atoms with Crippen molar-refractivity contribution in [3.8, 4) is 0 Å². The molecular weight excluding hydrogens is 237 g/mol. The first kappa shape index (κ1) is 16.2. The molecule has 0 saturated heterocycles. The predicted octanol–water partition coefficient (Wildman–Crippen LogP) is 5.08. The zero-order valence-electron chi connectivity index (χ0n) is 12.6. The topological polar surface area (TPSA) is 12.0 Å². The van der Waals surface area contributed by atoms with Crippen LogP contribution in [-0.4, -0.2) is 6.54 Å². The highest BCUT2D eigenvalue weighted by molar-refractivity contribution is 5.21. The normalized spacial score (nSPS) is 12.9. The summed E-state index contributed by atoms with van der Waals surface area (Å²) in [6.45, 7) is 7.62. The molecule has 0 aliphatic rings. The highest BCUT2D eigenvalue weighted by Gasteiger charge is 2.21. The Balaban J connectivity index is 2.90. The standard InChI is InChI=1S/C17H28FN/c1-4-8-14(9-5-2)17(19-12-6-3)15-10-7-11-16(18)13-15/h7,10-11,13-14,17,19H,4-6,8-9,12H2,1-3H3. The molecule has 1 atom stereocenters. The van der Waals surface area contributed by atoms with Gasteiger partial charge in [-0.15, -0.1) is 0 Å². The van der Waals surface area contributed by atoms with E-state index < -0.39 is 0 Å². The predicted molar refractivity (Wildman–Crippen MR) is 80.7 cm³/mol. The minimum Gasteiger partial charge on any atom is -0.310 e. The Labute approximate surface area is 117 Å². The highest BCUT2D eigenvalue weighted by Crippen LogP contribution is 2.30. The maximum atomic E-state index is 13.5. The van der Waals surface area contributed by atoms with E-state index in [4.69, 9.17) is 0 Å². The molecule has 0 spiro atoms. The monoisotopic (exact) mass is 265 g/mol. The van der Waals surface area contributed by atoms with Gasteiger partial charge in [0.05, 0.1) is 0 Å². The minimum atomic E-state index is -0.132. The third-order valence-electron chi connectivity index (χ3n) is 3.61. The summed E-state index contributed by atoms with van der Waals surface area (Å²) in [7, 11) is 0. The summed E-state index contributed by atoms with van der Waals surface area (Å²) in [5.41, 5.74) is 1.10. The summed E-state index contributed by atoms with van der Waals surface area (Å²) in [6.07, 6.45) is 5.88. The lowest BCUT2D eigenvalue weighted by Gasteiger charge is -2.28. The van der Waals surface area contributed by atoms with Crippen LogP contribution < -0.4 is 5.32 Å². The molecule has 0 aliphatic heterocycles. The molecule has 0 aromatic heterocycles. The fourth-order valence-electron chi connectivity index (χ4n) is 2.78. The number of benzene rings is 1. The van der Waals surface area contributed by atoms with Crippen LogP contribution in [0.3, 0.4) is 0 Å². The van der Waals surface area contributed by atoms with E-state index in [1.165, 1.54) is 31.7 Å². The first-order chi connectivity index (χ1) is 9.22. The van der Waals surface area contributed by atoms with E-state index in [1.54, 1.807) is 6.07 Å². The molecular formula is C17H28FN. The van der Waals surface area contributed by atoms with Crippen LogP contribution in [-0.2, 0) is 0 Å². The molecule has 0 aliphatic carbocycles. The van der Waals surface area contributed by atoms with E-state index in [9.17, 15) is 4.39 Å². The Bertz CT molecular complexity index is 345. The molecule has 1 aromatic carbocycles. The van der Waals surface area contributed by atoms with Gasteiger partial charge >= 0.3 is 0 Å². The Morgan fingerprint density at radius 2 is 1.74 bits per heavy atom. The smallest absolute Gasteiger partial charge is 0.123 e. The molecule has 0 saturated carbocycles. The Morgan fingerprint density at radius 1 is 1.05 bits per heavy atom. The highest BCUT2D eigenvalue weighted by atomic mass is 19.1. The second-order valence-corrected chi connectivity index (χ2v) is 5.32. The van der Waals surface area contributed by atoms with Crippen LogP contribution >= 0.6 is 0 Å². The third-order valence-corrected chi connectivity index (χ3v) is 3.61. The zero-order chi connectivity index (χ0) is 14.1. The number of rotatable bonds is 9. The van der Waals surface area contributed by atoms with Gasteiger partial charge in [-0.3, -0.25) is 0 Å². The van der Waals surface area contributed by atoms with E-state index in [1.807, 2.05) is 6.07 Å². The molecule has 1 nitrogen and oxygen atoms in total. The van der Waals surface area contributed by atoms with E-state index in [0.29, 0.717) is 5.92 Å². The van der Waals surface area contributed by atoms with Crippen molar-refractivity contribution in [1.29, 1.82) is 0 Å². The van der Waals surface area contributed by atoms with Crippen LogP contribution in [0.4, 0.5) is 4.39 Å². The summed E-state index contributed by atoms with van der Waals surface area (Å²) in [4.78, 5) is 0. The van der Waals surface area contributed by atoms with Crippen molar-refractivity contribution in [2.75, 3.05) is 6.54 Å². The van der Waals surface area contributed by atoms with E-state index in [-0.39, 0.29) is 11.9 Å². The summed E-state index contributed by atoms with van der Waals surface area (Å²) in [6, 6.07) is 7.37. The van der Waals surface area contributed by atoms with Gasteiger partial charge in [-0.1, -0.05) is 45.7 Å². The van der Waals surface area contributed by atoms with E-state index in [2.05, 4.69) is 32.2 Å². The molecule has 19 heavy (non-hydrogen) atoms. The van der Waals surface area contributed by atoms with Gasteiger partial charge in [-0.05, 0) is 49.4 Å². The fourth-order valence-corrected chi connectivity index (χ4v) is 2.78. The van der Waals surface area contributed by atoms with Crippen molar-refractivity contribution in [1.82, 2.24) is 5.32 Å². The van der Waals surface area contributed by atoms with Gasteiger partial charge in [-0.25, -0.2) is 4.39 Å². The number of nitrogens with one attached hydrogen (secondary N) is 1. The molecule has 0 radical (unpaired) electrons. The van der Waals surface area contributed by atoms with Crippen molar-refractivity contribution >= 4 is 0 Å². The molecule has 0 heterocycles. The van der Waals surface area contributed by atoms with Gasteiger partial charge in [0.1, 0.15) is 5.82 Å². The van der Waals surface area contributed by atoms with Crippen molar-refractivity contribution < 1.29 is 4.39 Å². The lowest BCUT2D eigenvalue weighted by atomic mass is 9.86. The van der Waals surface area contributed by atoms with Crippen LogP contribution in [0, 0.1) is 11.7 Å². The first-order valence-electron chi connectivity index (χ1n) is 7.71. The summed E-state index contributed by atoms with van der Waals surface area (Å²) >= 11 is 0. The summed E-state index contributed by atoms with van der Waals surface area (Å²) in [5, 5.41) is 3.62. The molecule has 1 rings (SSSR count). The molecule has 1 aromatic rings. The average molecular weight is 265 g/mol. The quantitative estimate of drug-likeness (QED) is 0.656. The van der Waals surface area contributed by atoms with Crippen LogP contribution in [0.25, 0.3) is 0 Å². The Morgan fingerprint density at radius 3 is 2.26 bits per heavy atom. The number of hydrogen-bond acceptors (Lipinski definition) is 1. The lowest BCUT2D eigenvalue weighted by molar-refractivity contribution is 0.315. The Hall–Kier alpha value is -0.890. The van der Waals surface area contributed by atoms with Gasteiger partial charge in [0, 0.05) is 6.04 Å². The van der Waals surface area contributed by atoms with Gasteiger partial charge in [-0.2, -0.15) is 0 Å². The molecule has 108 valence electrons. The molecule has 0 amide bonds. The maximum absolute atomic E-state index is 13.5. The van der Waals surface area contributed by atoms with Crippen LogP contribution in [0.1, 0.15) is 64.5 Å². The second kappa shape index (κ2) is 9.08.